The fraction of sp³-hybridized carbons (Fsp3) is 1.00. The van der Waals surface area contributed by atoms with Crippen molar-refractivity contribution in [3.8, 4) is 0 Å². The van der Waals surface area contributed by atoms with Crippen molar-refractivity contribution in [1.82, 2.24) is 0 Å². The molecule has 0 spiro atoms. The molecule has 0 saturated heterocycles. The van der Waals surface area contributed by atoms with E-state index in [1.54, 1.807) is 0 Å². The fourth-order valence-electron chi connectivity index (χ4n) is 2.91. The molecule has 0 fully saturated rings. The van der Waals surface area contributed by atoms with Crippen LogP contribution >= 0.6 is 8.60 Å². The van der Waals surface area contributed by atoms with E-state index in [2.05, 4.69) is 20.8 Å². The summed E-state index contributed by atoms with van der Waals surface area (Å²) in [5.74, 6) is 0. The van der Waals surface area contributed by atoms with Gasteiger partial charge in [-0.05, 0) is 18.3 Å². The molecule has 0 radical (unpaired) electrons. The van der Waals surface area contributed by atoms with Gasteiger partial charge < -0.3 is 14.3 Å². The van der Waals surface area contributed by atoms with Crippen molar-refractivity contribution in [3.05, 3.63) is 0 Å². The molecular formula is C16H35O3P. The third kappa shape index (κ3) is 10.1. The van der Waals surface area contributed by atoms with Gasteiger partial charge in [0.05, 0.1) is 6.61 Å². The Morgan fingerprint density at radius 3 is 1.65 bits per heavy atom. The standard InChI is InChI=1S/C16H35O3P/c1-4-16(5-2,6-3)14-12-10-8-7-9-11-13-15-19-20(17)18/h17-18H,4-15H2,1-3H3. The average molecular weight is 306 g/mol. The predicted molar refractivity (Wildman–Crippen MR) is 87.6 cm³/mol. The Morgan fingerprint density at radius 2 is 1.20 bits per heavy atom. The number of unbranched alkanes of at least 4 members (excludes halogenated alkanes) is 6. The maximum absolute atomic E-state index is 8.58. The van der Waals surface area contributed by atoms with E-state index < -0.39 is 8.60 Å². The first-order valence-electron chi connectivity index (χ1n) is 8.41. The lowest BCUT2D eigenvalue weighted by Gasteiger charge is -2.30. The summed E-state index contributed by atoms with van der Waals surface area (Å²) in [6.45, 7) is 7.48. The normalized spacial score (nSPS) is 12.3. The minimum absolute atomic E-state index is 0.477. The third-order valence-corrected chi connectivity index (χ3v) is 5.22. The van der Waals surface area contributed by atoms with E-state index >= 15 is 0 Å². The molecule has 4 heteroatoms. The summed E-state index contributed by atoms with van der Waals surface area (Å²) < 4.78 is 4.74. The van der Waals surface area contributed by atoms with Crippen molar-refractivity contribution < 1.29 is 14.3 Å². The van der Waals surface area contributed by atoms with Crippen LogP contribution in [0.2, 0.25) is 0 Å². The van der Waals surface area contributed by atoms with Gasteiger partial charge in [0.1, 0.15) is 0 Å². The number of hydrogen-bond donors (Lipinski definition) is 2. The van der Waals surface area contributed by atoms with Gasteiger partial charge in [0, 0.05) is 0 Å². The Balaban J connectivity index is 3.36. The highest BCUT2D eigenvalue weighted by molar-refractivity contribution is 7.39. The maximum atomic E-state index is 8.58. The molecule has 0 heterocycles. The molecule has 0 aromatic rings. The predicted octanol–water partition coefficient (Wildman–Crippen LogP) is 5.55. The van der Waals surface area contributed by atoms with Gasteiger partial charge in [-0.15, -0.1) is 0 Å². The lowest BCUT2D eigenvalue weighted by molar-refractivity contribution is 0.220. The molecule has 0 aromatic heterocycles. The topological polar surface area (TPSA) is 49.7 Å². The Kier molecular flexibility index (Phi) is 13.2. The Morgan fingerprint density at radius 1 is 0.750 bits per heavy atom. The van der Waals surface area contributed by atoms with Crippen LogP contribution in [0.25, 0.3) is 0 Å². The van der Waals surface area contributed by atoms with E-state index in [1.165, 1.54) is 57.8 Å². The smallest absolute Gasteiger partial charge is 0.327 e. The Bertz CT molecular complexity index is 198. The number of hydrogen-bond acceptors (Lipinski definition) is 3. The van der Waals surface area contributed by atoms with Crippen molar-refractivity contribution in [2.75, 3.05) is 6.61 Å². The van der Waals surface area contributed by atoms with Crippen molar-refractivity contribution in [2.24, 2.45) is 5.41 Å². The highest BCUT2D eigenvalue weighted by Gasteiger charge is 2.22. The van der Waals surface area contributed by atoms with E-state index in [0.717, 1.165) is 12.8 Å². The summed E-state index contributed by atoms with van der Waals surface area (Å²) >= 11 is 0. The first-order valence-corrected chi connectivity index (χ1v) is 9.57. The van der Waals surface area contributed by atoms with Crippen LogP contribution in [0.15, 0.2) is 0 Å². The van der Waals surface area contributed by atoms with Crippen LogP contribution in [-0.4, -0.2) is 16.4 Å². The Hall–Kier alpha value is 0.310. The molecule has 20 heavy (non-hydrogen) atoms. The first kappa shape index (κ1) is 20.3. The van der Waals surface area contributed by atoms with Crippen LogP contribution in [0.1, 0.15) is 91.4 Å². The van der Waals surface area contributed by atoms with Gasteiger partial charge in [-0.1, -0.05) is 78.6 Å². The molecular weight excluding hydrogens is 271 g/mol. The quantitative estimate of drug-likeness (QED) is 0.327. The SMILES string of the molecule is CCC(CC)(CC)CCCCCCCCCOP(O)O. The lowest BCUT2D eigenvalue weighted by Crippen LogP contribution is -2.17. The van der Waals surface area contributed by atoms with Gasteiger partial charge in [0.25, 0.3) is 0 Å². The molecule has 0 aromatic carbocycles. The van der Waals surface area contributed by atoms with Crippen molar-refractivity contribution >= 4 is 8.60 Å². The third-order valence-electron chi connectivity index (χ3n) is 4.81. The molecule has 122 valence electrons. The molecule has 0 aliphatic heterocycles. The molecule has 0 amide bonds. The largest absolute Gasteiger partial charge is 0.328 e. The molecule has 0 aliphatic rings. The van der Waals surface area contributed by atoms with Crippen molar-refractivity contribution in [1.29, 1.82) is 0 Å². The first-order chi connectivity index (χ1) is 9.60. The molecule has 0 bridgehead atoms. The lowest BCUT2D eigenvalue weighted by atomic mass is 9.75. The summed E-state index contributed by atoms with van der Waals surface area (Å²) in [6, 6.07) is 0. The van der Waals surface area contributed by atoms with Gasteiger partial charge in [-0.3, -0.25) is 0 Å². The maximum Gasteiger partial charge on any atom is 0.327 e. The second-order valence-electron chi connectivity index (χ2n) is 5.87. The second kappa shape index (κ2) is 13.0. The van der Waals surface area contributed by atoms with Crippen LogP contribution in [0.3, 0.4) is 0 Å². The fourth-order valence-corrected chi connectivity index (χ4v) is 3.20. The highest BCUT2D eigenvalue weighted by Crippen LogP contribution is 2.36. The van der Waals surface area contributed by atoms with Gasteiger partial charge >= 0.3 is 8.60 Å². The van der Waals surface area contributed by atoms with E-state index in [0.29, 0.717) is 12.0 Å². The molecule has 0 rings (SSSR count). The molecule has 0 unspecified atom stereocenters. The zero-order valence-corrected chi connectivity index (χ0v) is 14.6. The van der Waals surface area contributed by atoms with Crippen LogP contribution in [0, 0.1) is 5.41 Å². The van der Waals surface area contributed by atoms with Gasteiger partial charge in [0.15, 0.2) is 0 Å². The van der Waals surface area contributed by atoms with Gasteiger partial charge in [0.2, 0.25) is 0 Å². The van der Waals surface area contributed by atoms with Gasteiger partial charge in [-0.25, -0.2) is 0 Å². The van der Waals surface area contributed by atoms with Crippen LogP contribution in [-0.2, 0) is 4.52 Å². The average Bonchev–Trinajstić information content (AvgIpc) is 2.45. The van der Waals surface area contributed by atoms with Crippen LogP contribution < -0.4 is 0 Å². The summed E-state index contributed by atoms with van der Waals surface area (Å²) in [5, 5.41) is 0. The molecule has 0 aliphatic carbocycles. The second-order valence-corrected chi connectivity index (χ2v) is 6.64. The molecule has 0 atom stereocenters. The summed E-state index contributed by atoms with van der Waals surface area (Å²) in [6.07, 6.45) is 14.0. The van der Waals surface area contributed by atoms with Crippen LogP contribution in [0.4, 0.5) is 0 Å². The van der Waals surface area contributed by atoms with Crippen LogP contribution in [0.5, 0.6) is 0 Å². The minimum Gasteiger partial charge on any atom is -0.328 e. The summed E-state index contributed by atoms with van der Waals surface area (Å²) in [4.78, 5) is 17.2. The van der Waals surface area contributed by atoms with Crippen molar-refractivity contribution in [3.63, 3.8) is 0 Å². The Labute approximate surface area is 127 Å². The van der Waals surface area contributed by atoms with Crippen molar-refractivity contribution in [2.45, 2.75) is 91.4 Å². The molecule has 3 nitrogen and oxygen atoms in total. The monoisotopic (exact) mass is 306 g/mol. The van der Waals surface area contributed by atoms with E-state index in [1.807, 2.05) is 0 Å². The summed E-state index contributed by atoms with van der Waals surface area (Å²) in [7, 11) is -2.15. The molecule has 0 saturated carbocycles. The van der Waals surface area contributed by atoms with E-state index in [-0.39, 0.29) is 0 Å². The zero-order valence-electron chi connectivity index (χ0n) is 13.7. The van der Waals surface area contributed by atoms with E-state index in [9.17, 15) is 0 Å². The zero-order chi connectivity index (χ0) is 15.3. The summed E-state index contributed by atoms with van der Waals surface area (Å²) in [5.41, 5.74) is 0.601. The molecule has 2 N–H and O–H groups in total. The number of rotatable bonds is 14. The minimum atomic E-state index is -2.15. The van der Waals surface area contributed by atoms with E-state index in [4.69, 9.17) is 14.3 Å². The van der Waals surface area contributed by atoms with Gasteiger partial charge in [-0.2, -0.15) is 0 Å². The highest BCUT2D eigenvalue weighted by atomic mass is 31.2.